The van der Waals surface area contributed by atoms with Crippen LogP contribution >= 0.6 is 0 Å². The number of hydrogen-bond donors (Lipinski definition) is 2. The summed E-state index contributed by atoms with van der Waals surface area (Å²) in [6, 6.07) is 14.4. The predicted octanol–water partition coefficient (Wildman–Crippen LogP) is 3.28. The molecule has 0 saturated heterocycles. The SMILES string of the molecule is Cc1cccc(CCNC(=O)NCC(c2cccc(F)c2)N(C)C)c1. The van der Waals surface area contributed by atoms with Gasteiger partial charge in [-0.2, -0.15) is 0 Å². The molecule has 2 amide bonds. The molecule has 1 atom stereocenters. The zero-order valence-corrected chi connectivity index (χ0v) is 15.1. The zero-order chi connectivity index (χ0) is 18.2. The Balaban J connectivity index is 1.81. The third-order valence-corrected chi connectivity index (χ3v) is 4.09. The van der Waals surface area contributed by atoms with Crippen molar-refractivity contribution in [3.8, 4) is 0 Å². The summed E-state index contributed by atoms with van der Waals surface area (Å²) in [5.74, 6) is -0.271. The summed E-state index contributed by atoms with van der Waals surface area (Å²) in [5, 5.41) is 5.73. The van der Waals surface area contributed by atoms with E-state index in [9.17, 15) is 9.18 Å². The summed E-state index contributed by atoms with van der Waals surface area (Å²) in [5.41, 5.74) is 3.25. The molecule has 0 bridgehead atoms. The van der Waals surface area contributed by atoms with E-state index < -0.39 is 0 Å². The molecule has 0 radical (unpaired) electrons. The highest BCUT2D eigenvalue weighted by Gasteiger charge is 2.15. The molecule has 0 aromatic heterocycles. The molecule has 0 fully saturated rings. The van der Waals surface area contributed by atoms with Crippen LogP contribution in [0, 0.1) is 12.7 Å². The van der Waals surface area contributed by atoms with E-state index in [2.05, 4.69) is 35.8 Å². The van der Waals surface area contributed by atoms with E-state index in [-0.39, 0.29) is 17.9 Å². The first kappa shape index (κ1) is 18.9. The Morgan fingerprint density at radius 3 is 2.56 bits per heavy atom. The maximum Gasteiger partial charge on any atom is 0.314 e. The van der Waals surface area contributed by atoms with Gasteiger partial charge in [0.05, 0.1) is 6.04 Å². The second kappa shape index (κ2) is 9.18. The molecule has 2 rings (SSSR count). The molecule has 0 spiro atoms. The average Bonchev–Trinajstić information content (AvgIpc) is 2.55. The molecule has 0 heterocycles. The quantitative estimate of drug-likeness (QED) is 0.810. The van der Waals surface area contributed by atoms with E-state index in [1.54, 1.807) is 6.07 Å². The van der Waals surface area contributed by atoms with Gasteiger partial charge in [0.1, 0.15) is 5.82 Å². The first-order valence-electron chi connectivity index (χ1n) is 8.45. The minimum Gasteiger partial charge on any atom is -0.338 e. The third kappa shape index (κ3) is 6.19. The van der Waals surface area contributed by atoms with Gasteiger partial charge in [0.15, 0.2) is 0 Å². The summed E-state index contributed by atoms with van der Waals surface area (Å²) < 4.78 is 13.4. The van der Waals surface area contributed by atoms with Gasteiger partial charge in [-0.3, -0.25) is 0 Å². The monoisotopic (exact) mass is 343 g/mol. The minimum atomic E-state index is -0.271. The van der Waals surface area contributed by atoms with E-state index in [1.165, 1.54) is 23.3 Å². The van der Waals surface area contributed by atoms with Gasteiger partial charge < -0.3 is 15.5 Å². The Labute approximate surface area is 149 Å². The van der Waals surface area contributed by atoms with Gasteiger partial charge in [-0.25, -0.2) is 9.18 Å². The van der Waals surface area contributed by atoms with Crippen LogP contribution < -0.4 is 10.6 Å². The second-order valence-corrected chi connectivity index (χ2v) is 6.41. The fourth-order valence-electron chi connectivity index (χ4n) is 2.75. The highest BCUT2D eigenvalue weighted by Crippen LogP contribution is 2.18. The van der Waals surface area contributed by atoms with Crippen LogP contribution in [0.4, 0.5) is 9.18 Å². The van der Waals surface area contributed by atoms with Crippen LogP contribution in [0.5, 0.6) is 0 Å². The van der Waals surface area contributed by atoms with Gasteiger partial charge in [-0.1, -0.05) is 42.0 Å². The number of carbonyl (C=O) groups excluding carboxylic acids is 1. The lowest BCUT2D eigenvalue weighted by atomic mass is 10.1. The van der Waals surface area contributed by atoms with Crippen LogP contribution in [-0.4, -0.2) is 38.1 Å². The smallest absolute Gasteiger partial charge is 0.314 e. The Morgan fingerprint density at radius 2 is 1.88 bits per heavy atom. The van der Waals surface area contributed by atoms with Crippen LogP contribution in [0.15, 0.2) is 48.5 Å². The summed E-state index contributed by atoms with van der Waals surface area (Å²) in [7, 11) is 3.82. The molecule has 134 valence electrons. The number of rotatable bonds is 7. The number of hydrogen-bond acceptors (Lipinski definition) is 2. The summed E-state index contributed by atoms with van der Waals surface area (Å²) in [4.78, 5) is 14.0. The normalized spacial score (nSPS) is 12.0. The molecule has 4 nitrogen and oxygen atoms in total. The Hall–Kier alpha value is -2.40. The van der Waals surface area contributed by atoms with Crippen molar-refractivity contribution < 1.29 is 9.18 Å². The Bertz CT molecular complexity index is 703. The van der Waals surface area contributed by atoms with Gasteiger partial charge in [-0.15, -0.1) is 0 Å². The van der Waals surface area contributed by atoms with Crippen molar-refractivity contribution >= 4 is 6.03 Å². The molecule has 0 aliphatic heterocycles. The number of amides is 2. The average molecular weight is 343 g/mol. The summed E-state index contributed by atoms with van der Waals surface area (Å²) in [6.45, 7) is 3.03. The number of carbonyl (C=O) groups is 1. The van der Waals surface area contributed by atoms with Gasteiger partial charge in [0.25, 0.3) is 0 Å². The van der Waals surface area contributed by atoms with Crippen LogP contribution in [0.25, 0.3) is 0 Å². The first-order valence-corrected chi connectivity index (χ1v) is 8.45. The van der Waals surface area contributed by atoms with Crippen LogP contribution in [0.3, 0.4) is 0 Å². The van der Waals surface area contributed by atoms with E-state index in [0.717, 1.165) is 12.0 Å². The molecule has 2 aromatic rings. The number of benzene rings is 2. The van der Waals surface area contributed by atoms with Crippen LogP contribution in [-0.2, 0) is 6.42 Å². The van der Waals surface area contributed by atoms with Crippen molar-refractivity contribution in [1.82, 2.24) is 15.5 Å². The molecule has 1 unspecified atom stereocenters. The van der Waals surface area contributed by atoms with E-state index in [4.69, 9.17) is 0 Å². The molecular weight excluding hydrogens is 317 g/mol. The number of halogens is 1. The summed E-state index contributed by atoms with van der Waals surface area (Å²) >= 11 is 0. The van der Waals surface area contributed by atoms with Crippen molar-refractivity contribution in [2.45, 2.75) is 19.4 Å². The maximum atomic E-state index is 13.4. The van der Waals surface area contributed by atoms with Crippen molar-refractivity contribution in [1.29, 1.82) is 0 Å². The lowest BCUT2D eigenvalue weighted by Crippen LogP contribution is -2.41. The Morgan fingerprint density at radius 1 is 1.12 bits per heavy atom. The molecule has 0 saturated carbocycles. The first-order chi connectivity index (χ1) is 12.0. The standard InChI is InChI=1S/C20H26FN3O/c1-15-6-4-7-16(12-15)10-11-22-20(25)23-14-19(24(2)3)17-8-5-9-18(21)13-17/h4-9,12-13,19H,10-11,14H2,1-3H3,(H2,22,23,25). The van der Waals surface area contributed by atoms with E-state index >= 15 is 0 Å². The van der Waals surface area contributed by atoms with E-state index in [1.807, 2.05) is 31.1 Å². The van der Waals surface area contributed by atoms with Crippen molar-refractivity contribution in [2.24, 2.45) is 0 Å². The lowest BCUT2D eigenvalue weighted by molar-refractivity contribution is 0.233. The minimum absolute atomic E-state index is 0.0850. The zero-order valence-electron chi connectivity index (χ0n) is 15.1. The highest BCUT2D eigenvalue weighted by molar-refractivity contribution is 5.73. The number of nitrogens with one attached hydrogen (secondary N) is 2. The topological polar surface area (TPSA) is 44.4 Å². The van der Waals surface area contributed by atoms with Gasteiger partial charge >= 0.3 is 6.03 Å². The lowest BCUT2D eigenvalue weighted by Gasteiger charge is -2.25. The molecular formula is C20H26FN3O. The highest BCUT2D eigenvalue weighted by atomic mass is 19.1. The molecule has 25 heavy (non-hydrogen) atoms. The second-order valence-electron chi connectivity index (χ2n) is 6.41. The number of urea groups is 1. The molecule has 2 aromatic carbocycles. The number of aryl methyl sites for hydroxylation is 1. The third-order valence-electron chi connectivity index (χ3n) is 4.09. The Kier molecular flexibility index (Phi) is 6.95. The van der Waals surface area contributed by atoms with Crippen molar-refractivity contribution in [3.63, 3.8) is 0 Å². The van der Waals surface area contributed by atoms with Crippen molar-refractivity contribution in [3.05, 3.63) is 71.0 Å². The maximum absolute atomic E-state index is 13.4. The molecule has 5 heteroatoms. The molecule has 2 N–H and O–H groups in total. The van der Waals surface area contributed by atoms with Crippen LogP contribution in [0.1, 0.15) is 22.7 Å². The van der Waals surface area contributed by atoms with Gasteiger partial charge in [-0.05, 0) is 50.7 Å². The van der Waals surface area contributed by atoms with E-state index in [0.29, 0.717) is 13.1 Å². The number of nitrogens with zero attached hydrogens (tertiary/aromatic N) is 1. The molecule has 0 aliphatic rings. The predicted molar refractivity (Wildman–Crippen MR) is 99.1 cm³/mol. The number of likely N-dealkylation sites (N-methyl/N-ethyl adjacent to an activating group) is 1. The summed E-state index contributed by atoms with van der Waals surface area (Å²) in [6.07, 6.45) is 0.788. The molecule has 0 aliphatic carbocycles. The van der Waals surface area contributed by atoms with Crippen LogP contribution in [0.2, 0.25) is 0 Å². The van der Waals surface area contributed by atoms with Crippen molar-refractivity contribution in [2.75, 3.05) is 27.2 Å². The fraction of sp³-hybridized carbons (Fsp3) is 0.350. The van der Waals surface area contributed by atoms with Gasteiger partial charge in [0.2, 0.25) is 0 Å². The van der Waals surface area contributed by atoms with Gasteiger partial charge in [0, 0.05) is 13.1 Å². The largest absolute Gasteiger partial charge is 0.338 e. The fourth-order valence-corrected chi connectivity index (χ4v) is 2.75.